The highest BCUT2D eigenvalue weighted by atomic mass is 31.2. The number of methoxy groups -OCH3 is 1. The SMILES string of the molecule is CCOP(=O)(OCC)[C@H](NC(=O)c1ccc(OC)cc1)c1ccccc1. The molecule has 1 N–H and O–H groups in total. The lowest BCUT2D eigenvalue weighted by atomic mass is 10.2. The van der Waals surface area contributed by atoms with Gasteiger partial charge < -0.3 is 19.1 Å². The molecule has 7 heteroatoms. The maximum Gasteiger partial charge on any atom is 0.357 e. The lowest BCUT2D eigenvalue weighted by molar-refractivity contribution is 0.0937. The molecule has 0 aliphatic rings. The normalized spacial score (nSPS) is 12.4. The lowest BCUT2D eigenvalue weighted by Gasteiger charge is -2.27. The first-order valence-corrected chi connectivity index (χ1v) is 10.0. The number of benzene rings is 2. The van der Waals surface area contributed by atoms with Crippen LogP contribution in [-0.2, 0) is 13.6 Å². The molecule has 0 aliphatic carbocycles. The summed E-state index contributed by atoms with van der Waals surface area (Å²) >= 11 is 0. The molecule has 1 amide bonds. The lowest BCUT2D eigenvalue weighted by Crippen LogP contribution is -2.29. The van der Waals surface area contributed by atoms with Crippen molar-refractivity contribution in [3.05, 3.63) is 65.7 Å². The van der Waals surface area contributed by atoms with Crippen LogP contribution in [0, 0.1) is 0 Å². The zero-order valence-corrected chi connectivity index (χ0v) is 16.1. The maximum atomic E-state index is 13.3. The van der Waals surface area contributed by atoms with Crippen molar-refractivity contribution in [3.63, 3.8) is 0 Å². The highest BCUT2D eigenvalue weighted by Gasteiger charge is 2.38. The molecule has 0 unspecified atom stereocenters. The van der Waals surface area contributed by atoms with Gasteiger partial charge in [-0.1, -0.05) is 30.3 Å². The van der Waals surface area contributed by atoms with Crippen molar-refractivity contribution in [1.29, 1.82) is 0 Å². The molecule has 0 aliphatic heterocycles. The van der Waals surface area contributed by atoms with Crippen molar-refractivity contribution in [2.45, 2.75) is 19.6 Å². The molecule has 0 radical (unpaired) electrons. The summed E-state index contributed by atoms with van der Waals surface area (Å²) in [6.45, 7) is 3.88. The van der Waals surface area contributed by atoms with Gasteiger partial charge in [-0.05, 0) is 43.7 Å². The van der Waals surface area contributed by atoms with Crippen LogP contribution in [0.4, 0.5) is 0 Å². The van der Waals surface area contributed by atoms with Crippen molar-refractivity contribution in [2.24, 2.45) is 0 Å². The Labute approximate surface area is 154 Å². The second-order valence-corrected chi connectivity index (χ2v) is 7.50. The predicted octanol–water partition coefficient (Wildman–Crippen LogP) is 4.39. The Morgan fingerprint density at radius 2 is 1.58 bits per heavy atom. The molecule has 0 saturated heterocycles. The van der Waals surface area contributed by atoms with Crippen LogP contribution >= 0.6 is 7.60 Å². The van der Waals surface area contributed by atoms with E-state index in [1.165, 1.54) is 0 Å². The van der Waals surface area contributed by atoms with Gasteiger partial charge in [0.1, 0.15) is 5.75 Å². The number of ether oxygens (including phenoxy) is 1. The van der Waals surface area contributed by atoms with Gasteiger partial charge in [0.15, 0.2) is 5.78 Å². The van der Waals surface area contributed by atoms with Crippen LogP contribution in [0.25, 0.3) is 0 Å². The summed E-state index contributed by atoms with van der Waals surface area (Å²) in [5.74, 6) is -0.630. The summed E-state index contributed by atoms with van der Waals surface area (Å²) < 4.78 is 29.3. The number of amides is 1. The largest absolute Gasteiger partial charge is 0.497 e. The van der Waals surface area contributed by atoms with E-state index in [0.717, 1.165) is 0 Å². The van der Waals surface area contributed by atoms with E-state index >= 15 is 0 Å². The fourth-order valence-electron chi connectivity index (χ4n) is 2.48. The summed E-state index contributed by atoms with van der Waals surface area (Å²) in [4.78, 5) is 12.7. The molecule has 0 spiro atoms. The topological polar surface area (TPSA) is 73.9 Å². The van der Waals surface area contributed by atoms with E-state index in [0.29, 0.717) is 16.9 Å². The zero-order chi connectivity index (χ0) is 19.0. The van der Waals surface area contributed by atoms with Crippen LogP contribution in [0.3, 0.4) is 0 Å². The molecule has 2 aromatic carbocycles. The Balaban J connectivity index is 2.34. The maximum absolute atomic E-state index is 13.3. The molecule has 2 aromatic rings. The van der Waals surface area contributed by atoms with Gasteiger partial charge in [0.05, 0.1) is 20.3 Å². The van der Waals surface area contributed by atoms with Gasteiger partial charge in [-0.15, -0.1) is 0 Å². The number of nitrogens with one attached hydrogen (secondary N) is 1. The molecule has 0 bridgehead atoms. The summed E-state index contributed by atoms with van der Waals surface area (Å²) in [5, 5.41) is 2.80. The average Bonchev–Trinajstić information content (AvgIpc) is 2.67. The molecule has 140 valence electrons. The molecule has 1 atom stereocenters. The van der Waals surface area contributed by atoms with Gasteiger partial charge in [-0.2, -0.15) is 0 Å². The van der Waals surface area contributed by atoms with Crippen molar-refractivity contribution in [1.82, 2.24) is 5.32 Å². The van der Waals surface area contributed by atoms with E-state index < -0.39 is 13.4 Å². The van der Waals surface area contributed by atoms with Crippen LogP contribution in [0.2, 0.25) is 0 Å². The molecular weight excluding hydrogens is 353 g/mol. The monoisotopic (exact) mass is 377 g/mol. The Bertz CT molecular complexity index is 738. The number of hydrogen-bond acceptors (Lipinski definition) is 5. The first kappa shape index (κ1) is 20.2. The molecule has 0 fully saturated rings. The predicted molar refractivity (Wildman–Crippen MR) is 101 cm³/mol. The average molecular weight is 377 g/mol. The Morgan fingerprint density at radius 1 is 1.00 bits per heavy atom. The fourth-order valence-corrected chi connectivity index (χ4v) is 4.38. The van der Waals surface area contributed by atoms with Crippen LogP contribution < -0.4 is 10.1 Å². The first-order chi connectivity index (χ1) is 12.5. The minimum Gasteiger partial charge on any atom is -0.497 e. The van der Waals surface area contributed by atoms with E-state index in [1.54, 1.807) is 57.4 Å². The van der Waals surface area contributed by atoms with E-state index in [1.807, 2.05) is 18.2 Å². The molecule has 0 heterocycles. The highest BCUT2D eigenvalue weighted by molar-refractivity contribution is 7.54. The van der Waals surface area contributed by atoms with Crippen molar-refractivity contribution >= 4 is 13.5 Å². The zero-order valence-electron chi connectivity index (χ0n) is 15.2. The third-order valence-corrected chi connectivity index (χ3v) is 5.97. The minimum absolute atomic E-state index is 0.207. The van der Waals surface area contributed by atoms with Crippen molar-refractivity contribution in [2.75, 3.05) is 20.3 Å². The summed E-state index contributed by atoms with van der Waals surface area (Å²) in [5.41, 5.74) is 1.07. The van der Waals surface area contributed by atoms with Crippen LogP contribution in [0.5, 0.6) is 5.75 Å². The summed E-state index contributed by atoms with van der Waals surface area (Å²) in [7, 11) is -2.04. The Hall–Kier alpha value is -2.14. The van der Waals surface area contributed by atoms with Crippen LogP contribution in [0.15, 0.2) is 54.6 Å². The second-order valence-electron chi connectivity index (χ2n) is 5.39. The third kappa shape index (κ3) is 4.94. The summed E-state index contributed by atoms with van der Waals surface area (Å²) in [6, 6.07) is 15.7. The second kappa shape index (κ2) is 9.53. The van der Waals surface area contributed by atoms with Gasteiger partial charge in [0.25, 0.3) is 5.91 Å². The Kier molecular flexibility index (Phi) is 7.39. The number of rotatable bonds is 9. The smallest absolute Gasteiger partial charge is 0.357 e. The fraction of sp³-hybridized carbons (Fsp3) is 0.316. The van der Waals surface area contributed by atoms with Gasteiger partial charge >= 0.3 is 7.60 Å². The molecule has 0 aromatic heterocycles. The number of carbonyl (C=O) groups is 1. The highest BCUT2D eigenvalue weighted by Crippen LogP contribution is 2.59. The minimum atomic E-state index is -3.60. The third-order valence-electron chi connectivity index (χ3n) is 3.67. The van der Waals surface area contributed by atoms with Crippen molar-refractivity contribution in [3.8, 4) is 5.75 Å². The molecule has 0 saturated carbocycles. The van der Waals surface area contributed by atoms with E-state index in [4.69, 9.17) is 13.8 Å². The van der Waals surface area contributed by atoms with Crippen LogP contribution in [-0.4, -0.2) is 26.2 Å². The molecular formula is C19H24NO5P. The van der Waals surface area contributed by atoms with Gasteiger partial charge in [0.2, 0.25) is 0 Å². The Morgan fingerprint density at radius 3 is 2.08 bits per heavy atom. The van der Waals surface area contributed by atoms with Gasteiger partial charge in [-0.3, -0.25) is 9.36 Å². The van der Waals surface area contributed by atoms with E-state index in [2.05, 4.69) is 5.32 Å². The standard InChI is InChI=1S/C19H24NO5P/c1-4-24-26(22,25-5-2)19(16-9-7-6-8-10-16)20-18(21)15-11-13-17(23-3)14-12-15/h6-14,19H,4-5H2,1-3H3,(H,20,21)/t19-/m0/s1. The number of carbonyl (C=O) groups excluding carboxylic acids is 1. The first-order valence-electron chi connectivity index (χ1n) is 8.42. The van der Waals surface area contributed by atoms with Crippen LogP contribution in [0.1, 0.15) is 35.6 Å². The summed E-state index contributed by atoms with van der Waals surface area (Å²) in [6.07, 6.45) is 0. The van der Waals surface area contributed by atoms with Gasteiger partial charge in [-0.25, -0.2) is 0 Å². The quantitative estimate of drug-likeness (QED) is 0.656. The van der Waals surface area contributed by atoms with E-state index in [-0.39, 0.29) is 19.1 Å². The molecule has 2 rings (SSSR count). The van der Waals surface area contributed by atoms with E-state index in [9.17, 15) is 9.36 Å². The van der Waals surface area contributed by atoms with Crippen molar-refractivity contribution < 1.29 is 23.1 Å². The molecule has 6 nitrogen and oxygen atoms in total. The van der Waals surface area contributed by atoms with Gasteiger partial charge in [0, 0.05) is 5.56 Å². The molecule has 26 heavy (non-hydrogen) atoms. The number of hydrogen-bond donors (Lipinski definition) is 1.